The van der Waals surface area contributed by atoms with E-state index < -0.39 is 23.8 Å². The van der Waals surface area contributed by atoms with E-state index >= 15 is 0 Å². The Kier molecular flexibility index (Phi) is 9.73. The van der Waals surface area contributed by atoms with Crippen LogP contribution in [0.25, 0.3) is 0 Å². The lowest BCUT2D eigenvalue weighted by Crippen LogP contribution is -2.35. The van der Waals surface area contributed by atoms with Crippen molar-refractivity contribution in [1.82, 2.24) is 5.32 Å². The molecule has 0 saturated heterocycles. The van der Waals surface area contributed by atoms with Crippen molar-refractivity contribution in [1.29, 1.82) is 0 Å². The second-order valence-electron chi connectivity index (χ2n) is 5.91. The zero-order valence-electron chi connectivity index (χ0n) is 14.6. The molecule has 24 heavy (non-hydrogen) atoms. The van der Waals surface area contributed by atoms with Crippen LogP contribution in [0.5, 0.6) is 0 Å². The number of methoxy groups -OCH3 is 1. The first kappa shape index (κ1) is 20.1. The van der Waals surface area contributed by atoms with Gasteiger partial charge in [0, 0.05) is 11.9 Å². The molecular formula is C19H28FNO3. The van der Waals surface area contributed by atoms with Crippen LogP contribution in [-0.2, 0) is 14.3 Å². The molecule has 0 radical (unpaired) electrons. The normalized spacial score (nSPS) is 15.9. The monoisotopic (exact) mass is 337 g/mol. The van der Waals surface area contributed by atoms with Crippen molar-refractivity contribution in [2.45, 2.75) is 58.0 Å². The topological polar surface area (TPSA) is 55.4 Å². The molecule has 0 aromatic rings. The van der Waals surface area contributed by atoms with Crippen LogP contribution in [-0.4, -0.2) is 25.0 Å². The lowest BCUT2D eigenvalue weighted by Gasteiger charge is -2.20. The fourth-order valence-electron chi connectivity index (χ4n) is 2.66. The number of halogens is 1. The molecule has 5 heteroatoms. The Morgan fingerprint density at radius 3 is 2.54 bits per heavy atom. The molecule has 0 aromatic carbocycles. The molecule has 134 valence electrons. The SMILES string of the molecule is CCCCCCCCC(C(=O)C(F)C(=O)OC)C1=CC=CC=CN1. The standard InChI is InChI=1S/C19H28FNO3/c1-3-4-5-6-7-9-12-15(16-13-10-8-11-14-21-16)18(22)17(20)19(23)24-2/h8,10-11,13-15,17,21H,3-7,9,12H2,1-2H3. The molecule has 0 aromatic heterocycles. The molecule has 2 atom stereocenters. The molecular weight excluding hydrogens is 309 g/mol. The number of Topliss-reactive ketones (excluding diaryl/α,β-unsaturated/α-hetero) is 1. The summed E-state index contributed by atoms with van der Waals surface area (Å²) in [5.74, 6) is -2.54. The smallest absolute Gasteiger partial charge is 0.348 e. The van der Waals surface area contributed by atoms with Gasteiger partial charge in [-0.1, -0.05) is 57.6 Å². The van der Waals surface area contributed by atoms with E-state index in [1.165, 1.54) is 19.3 Å². The van der Waals surface area contributed by atoms with E-state index in [0.717, 1.165) is 26.4 Å². The highest BCUT2D eigenvalue weighted by atomic mass is 19.1. The van der Waals surface area contributed by atoms with Crippen molar-refractivity contribution in [3.8, 4) is 0 Å². The van der Waals surface area contributed by atoms with Crippen LogP contribution in [0.2, 0.25) is 0 Å². The predicted molar refractivity (Wildman–Crippen MR) is 92.9 cm³/mol. The first-order valence-corrected chi connectivity index (χ1v) is 8.67. The first-order valence-electron chi connectivity index (χ1n) is 8.67. The maximum atomic E-state index is 14.1. The van der Waals surface area contributed by atoms with E-state index in [-0.39, 0.29) is 0 Å². The van der Waals surface area contributed by atoms with Gasteiger partial charge in [-0.2, -0.15) is 0 Å². The van der Waals surface area contributed by atoms with Crippen LogP contribution in [0.15, 0.2) is 36.2 Å². The summed E-state index contributed by atoms with van der Waals surface area (Å²) in [6.07, 6.45) is 13.6. The molecule has 0 bridgehead atoms. The van der Waals surface area contributed by atoms with E-state index in [1.54, 1.807) is 24.4 Å². The number of nitrogens with one attached hydrogen (secondary N) is 1. The van der Waals surface area contributed by atoms with Gasteiger partial charge in [-0.05, 0) is 18.6 Å². The Bertz CT molecular complexity index is 497. The zero-order valence-corrected chi connectivity index (χ0v) is 14.6. The van der Waals surface area contributed by atoms with Gasteiger partial charge < -0.3 is 10.1 Å². The van der Waals surface area contributed by atoms with Crippen LogP contribution in [0.1, 0.15) is 51.9 Å². The lowest BCUT2D eigenvalue weighted by atomic mass is 9.90. The Labute approximate surface area is 143 Å². The molecule has 0 aliphatic carbocycles. The number of rotatable bonds is 11. The molecule has 1 rings (SSSR count). The number of carbonyl (C=O) groups is 2. The second kappa shape index (κ2) is 11.6. The Balaban J connectivity index is 2.70. The molecule has 1 N–H and O–H groups in total. The van der Waals surface area contributed by atoms with Gasteiger partial charge in [-0.3, -0.25) is 4.79 Å². The number of unbranched alkanes of at least 4 members (excludes halogenated alkanes) is 5. The molecule has 2 unspecified atom stereocenters. The average Bonchev–Trinajstić information content (AvgIpc) is 2.88. The molecule has 1 aliphatic rings. The highest BCUT2D eigenvalue weighted by molar-refractivity contribution is 6.03. The van der Waals surface area contributed by atoms with Gasteiger partial charge >= 0.3 is 5.97 Å². The van der Waals surface area contributed by atoms with Crippen molar-refractivity contribution in [3.63, 3.8) is 0 Å². The third-order valence-electron chi connectivity index (χ3n) is 4.07. The summed E-state index contributed by atoms with van der Waals surface area (Å²) in [7, 11) is 1.08. The summed E-state index contributed by atoms with van der Waals surface area (Å²) in [6.45, 7) is 2.16. The molecule has 0 amide bonds. The minimum absolute atomic E-state index is 0.517. The number of allylic oxidation sites excluding steroid dienone is 5. The highest BCUT2D eigenvalue weighted by Crippen LogP contribution is 2.23. The van der Waals surface area contributed by atoms with Gasteiger partial charge in [0.1, 0.15) is 0 Å². The summed E-state index contributed by atoms with van der Waals surface area (Å²) in [6, 6.07) is 0. The van der Waals surface area contributed by atoms with Crippen molar-refractivity contribution in [3.05, 3.63) is 36.2 Å². The molecule has 1 heterocycles. The van der Waals surface area contributed by atoms with Crippen molar-refractivity contribution in [2.75, 3.05) is 7.11 Å². The molecule has 0 saturated carbocycles. The van der Waals surface area contributed by atoms with E-state index in [4.69, 9.17) is 0 Å². The maximum Gasteiger partial charge on any atom is 0.348 e. The van der Waals surface area contributed by atoms with E-state index in [2.05, 4.69) is 17.0 Å². The van der Waals surface area contributed by atoms with E-state index in [9.17, 15) is 14.0 Å². The Hall–Kier alpha value is -1.91. The summed E-state index contributed by atoms with van der Waals surface area (Å²) in [4.78, 5) is 23.8. The maximum absolute atomic E-state index is 14.1. The van der Waals surface area contributed by atoms with E-state index in [1.807, 2.05) is 6.08 Å². The van der Waals surface area contributed by atoms with Crippen LogP contribution in [0.3, 0.4) is 0 Å². The largest absolute Gasteiger partial charge is 0.467 e. The predicted octanol–water partition coefficient (Wildman–Crippen LogP) is 3.99. The van der Waals surface area contributed by atoms with Gasteiger partial charge in [0.2, 0.25) is 0 Å². The Morgan fingerprint density at radius 2 is 1.83 bits per heavy atom. The van der Waals surface area contributed by atoms with Crippen molar-refractivity contribution in [2.24, 2.45) is 5.92 Å². The summed E-state index contributed by atoms with van der Waals surface area (Å²) >= 11 is 0. The third-order valence-corrected chi connectivity index (χ3v) is 4.07. The minimum atomic E-state index is -2.24. The first-order chi connectivity index (χ1) is 11.6. The number of ketones is 1. The van der Waals surface area contributed by atoms with Gasteiger partial charge in [-0.25, -0.2) is 9.18 Å². The molecule has 4 nitrogen and oxygen atoms in total. The summed E-state index contributed by atoms with van der Waals surface area (Å²) in [5.41, 5.74) is 0.616. The number of ether oxygens (including phenoxy) is 1. The van der Waals surface area contributed by atoms with Gasteiger partial charge in [-0.15, -0.1) is 0 Å². The van der Waals surface area contributed by atoms with Crippen molar-refractivity contribution < 1.29 is 18.7 Å². The molecule has 0 spiro atoms. The Morgan fingerprint density at radius 1 is 1.12 bits per heavy atom. The van der Waals surface area contributed by atoms with Crippen LogP contribution in [0.4, 0.5) is 4.39 Å². The number of esters is 1. The number of alkyl halides is 1. The summed E-state index contributed by atoms with van der Waals surface area (Å²) in [5, 5.41) is 3.01. The van der Waals surface area contributed by atoms with Gasteiger partial charge in [0.15, 0.2) is 5.78 Å². The third kappa shape index (κ3) is 6.69. The highest BCUT2D eigenvalue weighted by Gasteiger charge is 2.34. The van der Waals surface area contributed by atoms with Crippen molar-refractivity contribution >= 4 is 11.8 Å². The fourth-order valence-corrected chi connectivity index (χ4v) is 2.66. The molecule has 1 aliphatic heterocycles. The second-order valence-corrected chi connectivity index (χ2v) is 5.91. The quantitative estimate of drug-likeness (QED) is 0.352. The van der Waals surface area contributed by atoms with Gasteiger partial charge in [0.25, 0.3) is 6.17 Å². The fraction of sp³-hybridized carbons (Fsp3) is 0.579. The van der Waals surface area contributed by atoms with Crippen LogP contribution < -0.4 is 5.32 Å². The lowest BCUT2D eigenvalue weighted by molar-refractivity contribution is -0.151. The summed E-state index contributed by atoms with van der Waals surface area (Å²) < 4.78 is 18.4. The van der Waals surface area contributed by atoms with Crippen LogP contribution in [0, 0.1) is 5.92 Å². The van der Waals surface area contributed by atoms with Gasteiger partial charge in [0.05, 0.1) is 13.0 Å². The van der Waals surface area contributed by atoms with Crippen LogP contribution >= 0.6 is 0 Å². The number of hydrogen-bond acceptors (Lipinski definition) is 4. The minimum Gasteiger partial charge on any atom is -0.467 e. The average molecular weight is 337 g/mol. The number of hydrogen-bond donors (Lipinski definition) is 1. The van der Waals surface area contributed by atoms with E-state index in [0.29, 0.717) is 12.1 Å². The molecule has 0 fully saturated rings. The number of carbonyl (C=O) groups excluding carboxylic acids is 2. The zero-order chi connectivity index (χ0) is 17.8.